The number of fused-ring (bicyclic) bond motifs is 1. The number of likely N-dealkylation sites (N-methyl/N-ethyl adjacent to an activating group) is 2. The summed E-state index contributed by atoms with van der Waals surface area (Å²) in [6.45, 7) is 5.51. The number of nitrogens with one attached hydrogen (secondary N) is 2. The fourth-order valence-electron chi connectivity index (χ4n) is 1.93. The Bertz CT molecular complexity index is 577. The van der Waals surface area contributed by atoms with Gasteiger partial charge in [0, 0.05) is 18.8 Å². The number of nitrogens with zero attached hydrogens (tertiary/aromatic N) is 2. The number of nitrogens with two attached hydrogens (primary N) is 1. The molecule has 0 aliphatic heterocycles. The molecule has 0 aliphatic carbocycles. The van der Waals surface area contributed by atoms with Crippen LogP contribution in [0.3, 0.4) is 0 Å². The Morgan fingerprint density at radius 2 is 2.26 bits per heavy atom. The van der Waals surface area contributed by atoms with Gasteiger partial charge >= 0.3 is 0 Å². The van der Waals surface area contributed by atoms with Crippen LogP contribution in [0.1, 0.15) is 13.8 Å². The summed E-state index contributed by atoms with van der Waals surface area (Å²) >= 11 is 0. The number of nitrogen functional groups attached to an aromatic ring is 1. The number of H-pyrrole nitrogens is 1. The lowest BCUT2D eigenvalue weighted by molar-refractivity contribution is -0.119. The van der Waals surface area contributed by atoms with Crippen molar-refractivity contribution in [2.24, 2.45) is 0 Å². The largest absolute Gasteiger partial charge is 0.399 e. The highest BCUT2D eigenvalue weighted by atomic mass is 16.2. The third kappa shape index (κ3) is 2.96. The first kappa shape index (κ1) is 13.2. The maximum atomic E-state index is 11.6. The Labute approximate surface area is 112 Å². The second-order valence-corrected chi connectivity index (χ2v) is 4.30. The molecule has 0 atom stereocenters. The highest BCUT2D eigenvalue weighted by molar-refractivity contribution is 5.83. The molecule has 1 aromatic heterocycles. The van der Waals surface area contributed by atoms with E-state index in [1.165, 1.54) is 0 Å². The first-order chi connectivity index (χ1) is 9.13. The molecule has 0 unspecified atom stereocenters. The minimum Gasteiger partial charge on any atom is -0.399 e. The number of amides is 1. The van der Waals surface area contributed by atoms with Crippen molar-refractivity contribution in [3.05, 3.63) is 18.2 Å². The molecular formula is C13H19N5O. The van der Waals surface area contributed by atoms with Crippen LogP contribution in [-0.2, 0) is 4.79 Å². The molecule has 2 aromatic rings. The van der Waals surface area contributed by atoms with Crippen molar-refractivity contribution in [2.45, 2.75) is 13.8 Å². The smallest absolute Gasteiger partial charge is 0.239 e. The summed E-state index contributed by atoms with van der Waals surface area (Å²) in [6.07, 6.45) is 0. The van der Waals surface area contributed by atoms with Gasteiger partial charge in [-0.15, -0.1) is 0 Å². The molecule has 0 bridgehead atoms. The van der Waals surface area contributed by atoms with E-state index in [2.05, 4.69) is 15.3 Å². The maximum absolute atomic E-state index is 11.6. The van der Waals surface area contributed by atoms with E-state index in [4.69, 9.17) is 5.73 Å². The maximum Gasteiger partial charge on any atom is 0.239 e. The molecule has 0 aliphatic rings. The van der Waals surface area contributed by atoms with Crippen LogP contribution >= 0.6 is 0 Å². The summed E-state index contributed by atoms with van der Waals surface area (Å²) < 4.78 is 0. The van der Waals surface area contributed by atoms with Crippen LogP contribution in [-0.4, -0.2) is 35.5 Å². The third-order valence-corrected chi connectivity index (χ3v) is 2.88. The van der Waals surface area contributed by atoms with Crippen LogP contribution in [0.15, 0.2) is 18.2 Å². The lowest BCUT2D eigenvalue weighted by atomic mass is 10.3. The van der Waals surface area contributed by atoms with Crippen LogP contribution in [0.25, 0.3) is 11.0 Å². The Morgan fingerprint density at radius 1 is 1.47 bits per heavy atom. The van der Waals surface area contributed by atoms with E-state index in [0.29, 0.717) is 31.3 Å². The number of aromatic nitrogens is 2. The lowest BCUT2D eigenvalue weighted by Crippen LogP contribution is -2.37. The topological polar surface area (TPSA) is 87.0 Å². The van der Waals surface area contributed by atoms with E-state index in [0.717, 1.165) is 11.0 Å². The Kier molecular flexibility index (Phi) is 3.89. The van der Waals surface area contributed by atoms with Gasteiger partial charge in [0.2, 0.25) is 11.9 Å². The van der Waals surface area contributed by atoms with Crippen molar-refractivity contribution in [3.63, 3.8) is 0 Å². The average Bonchev–Trinajstić information content (AvgIpc) is 2.78. The summed E-state index contributed by atoms with van der Waals surface area (Å²) in [5.41, 5.74) is 8.15. The van der Waals surface area contributed by atoms with Gasteiger partial charge < -0.3 is 20.9 Å². The number of anilines is 2. The quantitative estimate of drug-likeness (QED) is 0.704. The van der Waals surface area contributed by atoms with Crippen LogP contribution < -0.4 is 16.0 Å². The molecule has 2 rings (SSSR count). The summed E-state index contributed by atoms with van der Waals surface area (Å²) in [5, 5.41) is 2.78. The zero-order chi connectivity index (χ0) is 13.8. The van der Waals surface area contributed by atoms with Crippen LogP contribution in [0.5, 0.6) is 0 Å². The standard InChI is InChI=1S/C13H19N5O/c1-3-15-12(19)8-18(4-2)13-16-10-6-5-9(14)7-11(10)17-13/h5-7H,3-4,8,14H2,1-2H3,(H,15,19)(H,16,17). The van der Waals surface area contributed by atoms with Gasteiger partial charge in [-0.3, -0.25) is 4.79 Å². The fraction of sp³-hybridized carbons (Fsp3) is 0.385. The molecule has 1 heterocycles. The van der Waals surface area contributed by atoms with Crippen molar-refractivity contribution in [3.8, 4) is 0 Å². The van der Waals surface area contributed by atoms with E-state index in [9.17, 15) is 4.79 Å². The van der Waals surface area contributed by atoms with Crippen molar-refractivity contribution in [1.29, 1.82) is 0 Å². The van der Waals surface area contributed by atoms with E-state index < -0.39 is 0 Å². The lowest BCUT2D eigenvalue weighted by Gasteiger charge is -2.18. The zero-order valence-corrected chi connectivity index (χ0v) is 11.2. The van der Waals surface area contributed by atoms with Gasteiger partial charge in [0.25, 0.3) is 0 Å². The molecule has 1 amide bonds. The normalized spacial score (nSPS) is 10.6. The first-order valence-electron chi connectivity index (χ1n) is 6.41. The molecule has 0 saturated carbocycles. The van der Waals surface area contributed by atoms with Crippen molar-refractivity contribution < 1.29 is 4.79 Å². The SMILES string of the molecule is CCNC(=O)CN(CC)c1nc2ccc(N)cc2[nH]1. The Morgan fingerprint density at radius 3 is 2.95 bits per heavy atom. The monoisotopic (exact) mass is 261 g/mol. The van der Waals surface area contributed by atoms with Gasteiger partial charge in [-0.25, -0.2) is 4.98 Å². The number of aromatic amines is 1. The second-order valence-electron chi connectivity index (χ2n) is 4.30. The molecule has 6 nitrogen and oxygen atoms in total. The summed E-state index contributed by atoms with van der Waals surface area (Å²) in [4.78, 5) is 21.2. The third-order valence-electron chi connectivity index (χ3n) is 2.88. The van der Waals surface area contributed by atoms with Crippen LogP contribution in [0.2, 0.25) is 0 Å². The number of hydrogen-bond acceptors (Lipinski definition) is 4. The summed E-state index contributed by atoms with van der Waals surface area (Å²) in [7, 11) is 0. The average molecular weight is 261 g/mol. The summed E-state index contributed by atoms with van der Waals surface area (Å²) in [6, 6.07) is 5.52. The molecule has 0 fully saturated rings. The molecule has 0 saturated heterocycles. The van der Waals surface area contributed by atoms with Gasteiger partial charge in [0.15, 0.2) is 0 Å². The second kappa shape index (κ2) is 5.60. The molecule has 6 heteroatoms. The summed E-state index contributed by atoms with van der Waals surface area (Å²) in [5.74, 6) is 0.679. The number of carbonyl (C=O) groups is 1. The van der Waals surface area contributed by atoms with Gasteiger partial charge in [0.1, 0.15) is 0 Å². The minimum atomic E-state index is -0.00989. The van der Waals surface area contributed by atoms with E-state index in [-0.39, 0.29) is 5.91 Å². The molecule has 19 heavy (non-hydrogen) atoms. The van der Waals surface area contributed by atoms with Gasteiger partial charge in [-0.1, -0.05) is 0 Å². The Balaban J connectivity index is 2.22. The molecule has 1 aromatic carbocycles. The number of carbonyl (C=O) groups excluding carboxylic acids is 1. The molecule has 0 radical (unpaired) electrons. The van der Waals surface area contributed by atoms with Gasteiger partial charge in [-0.05, 0) is 32.0 Å². The van der Waals surface area contributed by atoms with Crippen LogP contribution in [0.4, 0.5) is 11.6 Å². The molecule has 0 spiro atoms. The highest BCUT2D eigenvalue weighted by Gasteiger charge is 2.13. The van der Waals surface area contributed by atoms with Crippen molar-refractivity contribution >= 4 is 28.6 Å². The van der Waals surface area contributed by atoms with Gasteiger partial charge in [0.05, 0.1) is 17.6 Å². The number of imidazole rings is 1. The van der Waals surface area contributed by atoms with Crippen molar-refractivity contribution in [1.82, 2.24) is 15.3 Å². The van der Waals surface area contributed by atoms with Gasteiger partial charge in [-0.2, -0.15) is 0 Å². The van der Waals surface area contributed by atoms with Crippen LogP contribution in [0, 0.1) is 0 Å². The van der Waals surface area contributed by atoms with Crippen molar-refractivity contribution in [2.75, 3.05) is 30.3 Å². The predicted molar refractivity (Wildman–Crippen MR) is 77.1 cm³/mol. The molecule has 4 N–H and O–H groups in total. The van der Waals surface area contributed by atoms with E-state index in [1.54, 1.807) is 0 Å². The first-order valence-corrected chi connectivity index (χ1v) is 6.41. The predicted octanol–water partition coefficient (Wildman–Crippen LogP) is 1.11. The highest BCUT2D eigenvalue weighted by Crippen LogP contribution is 2.19. The van der Waals surface area contributed by atoms with E-state index in [1.807, 2.05) is 36.9 Å². The number of rotatable bonds is 5. The molecule has 102 valence electrons. The number of benzene rings is 1. The fourth-order valence-corrected chi connectivity index (χ4v) is 1.93. The molecular weight excluding hydrogens is 242 g/mol. The van der Waals surface area contributed by atoms with E-state index >= 15 is 0 Å². The number of hydrogen-bond donors (Lipinski definition) is 3. The Hall–Kier alpha value is -2.24. The minimum absolute atomic E-state index is 0.00989. The zero-order valence-electron chi connectivity index (χ0n) is 11.2.